The average molecular weight is 264 g/mol. The Hall–Kier alpha value is -2.18. The number of hydrogen-bond acceptors (Lipinski definition) is 5. The van der Waals surface area contributed by atoms with Crippen LogP contribution >= 0.6 is 0 Å². The molecule has 1 saturated heterocycles. The van der Waals surface area contributed by atoms with Gasteiger partial charge in [0.15, 0.2) is 0 Å². The Bertz CT molecular complexity index is 492. The zero-order chi connectivity index (χ0) is 13.8. The Labute approximate surface area is 110 Å². The Morgan fingerprint density at radius 1 is 1.63 bits per heavy atom. The van der Waals surface area contributed by atoms with E-state index < -0.39 is 4.92 Å². The van der Waals surface area contributed by atoms with Crippen molar-refractivity contribution < 1.29 is 9.72 Å². The Morgan fingerprint density at radius 3 is 3.05 bits per heavy atom. The van der Waals surface area contributed by atoms with E-state index in [0.29, 0.717) is 13.0 Å². The van der Waals surface area contributed by atoms with Gasteiger partial charge in [-0.1, -0.05) is 0 Å². The second kappa shape index (κ2) is 5.64. The van der Waals surface area contributed by atoms with Crippen molar-refractivity contribution in [1.29, 1.82) is 0 Å². The van der Waals surface area contributed by atoms with E-state index in [2.05, 4.69) is 10.3 Å². The van der Waals surface area contributed by atoms with Gasteiger partial charge >= 0.3 is 5.69 Å². The van der Waals surface area contributed by atoms with Gasteiger partial charge in [-0.3, -0.25) is 14.9 Å². The van der Waals surface area contributed by atoms with Gasteiger partial charge in [-0.05, 0) is 19.4 Å². The third-order valence-corrected chi connectivity index (χ3v) is 3.03. The van der Waals surface area contributed by atoms with Crippen LogP contribution in [0.4, 0.5) is 11.5 Å². The smallest absolute Gasteiger partial charge is 0.311 e. The van der Waals surface area contributed by atoms with Crippen molar-refractivity contribution in [2.45, 2.75) is 25.8 Å². The van der Waals surface area contributed by atoms with Gasteiger partial charge in [0.2, 0.25) is 11.7 Å². The molecule has 102 valence electrons. The van der Waals surface area contributed by atoms with E-state index in [1.165, 1.54) is 18.3 Å². The van der Waals surface area contributed by atoms with Crippen LogP contribution in [0.3, 0.4) is 0 Å². The third kappa shape index (κ3) is 3.18. The van der Waals surface area contributed by atoms with Crippen LogP contribution in [-0.4, -0.2) is 39.8 Å². The summed E-state index contributed by atoms with van der Waals surface area (Å²) in [5, 5.41) is 13.9. The lowest BCUT2D eigenvalue weighted by atomic mass is 10.3. The minimum Gasteiger partial charge on any atom is -0.360 e. The highest BCUT2D eigenvalue weighted by Crippen LogP contribution is 2.21. The number of carbonyl (C=O) groups is 1. The molecule has 1 amide bonds. The molecule has 0 radical (unpaired) electrons. The first-order valence-electron chi connectivity index (χ1n) is 6.21. The van der Waals surface area contributed by atoms with Gasteiger partial charge < -0.3 is 10.2 Å². The molecule has 0 bridgehead atoms. The van der Waals surface area contributed by atoms with Crippen molar-refractivity contribution in [2.24, 2.45) is 0 Å². The standard InChI is InChI=1S/C12H16N4O3/c1-9(8-15-7-3-5-11(15)17)14-12-10(16(18)19)4-2-6-13-12/h2,4,6,9H,3,5,7-8H2,1H3,(H,13,14)/t9-/m1/s1. The van der Waals surface area contributed by atoms with Crippen LogP contribution in [0, 0.1) is 10.1 Å². The number of hydrogen-bond donors (Lipinski definition) is 1. The summed E-state index contributed by atoms with van der Waals surface area (Å²) in [5.74, 6) is 0.385. The van der Waals surface area contributed by atoms with Crippen molar-refractivity contribution >= 4 is 17.4 Å². The van der Waals surface area contributed by atoms with Gasteiger partial charge in [-0.2, -0.15) is 0 Å². The quantitative estimate of drug-likeness (QED) is 0.641. The van der Waals surface area contributed by atoms with E-state index in [0.717, 1.165) is 13.0 Å². The molecule has 1 aliphatic heterocycles. The lowest BCUT2D eigenvalue weighted by molar-refractivity contribution is -0.384. The lowest BCUT2D eigenvalue weighted by Gasteiger charge is -2.21. The van der Waals surface area contributed by atoms with E-state index in [4.69, 9.17) is 0 Å². The number of rotatable bonds is 5. The first kappa shape index (κ1) is 13.3. The zero-order valence-electron chi connectivity index (χ0n) is 10.7. The highest BCUT2D eigenvalue weighted by atomic mass is 16.6. The summed E-state index contributed by atoms with van der Waals surface area (Å²) in [6.45, 7) is 3.17. The molecule has 1 atom stereocenters. The maximum absolute atomic E-state index is 11.5. The Kier molecular flexibility index (Phi) is 3.94. The molecule has 1 aromatic heterocycles. The number of anilines is 1. The first-order valence-corrected chi connectivity index (χ1v) is 6.21. The molecule has 7 heteroatoms. The average Bonchev–Trinajstić information content (AvgIpc) is 2.75. The fourth-order valence-corrected chi connectivity index (χ4v) is 2.16. The van der Waals surface area contributed by atoms with Crippen LogP contribution in [0.2, 0.25) is 0 Å². The van der Waals surface area contributed by atoms with Crippen LogP contribution in [0.5, 0.6) is 0 Å². The number of aromatic nitrogens is 1. The minimum atomic E-state index is -0.469. The van der Waals surface area contributed by atoms with Gasteiger partial charge in [-0.15, -0.1) is 0 Å². The summed E-state index contributed by atoms with van der Waals surface area (Å²) >= 11 is 0. The van der Waals surface area contributed by atoms with Crippen LogP contribution < -0.4 is 5.32 Å². The molecule has 0 aromatic carbocycles. The SMILES string of the molecule is C[C@H](CN1CCCC1=O)Nc1ncccc1[N+](=O)[O-]. The molecule has 1 N–H and O–H groups in total. The van der Waals surface area contributed by atoms with Gasteiger partial charge in [-0.25, -0.2) is 4.98 Å². The topological polar surface area (TPSA) is 88.4 Å². The second-order valence-electron chi connectivity index (χ2n) is 4.62. The van der Waals surface area contributed by atoms with E-state index in [1.807, 2.05) is 6.92 Å². The molecule has 1 fully saturated rings. The molecule has 1 aromatic rings. The van der Waals surface area contributed by atoms with Crippen molar-refractivity contribution in [3.05, 3.63) is 28.4 Å². The number of nitrogens with zero attached hydrogens (tertiary/aromatic N) is 3. The highest BCUT2D eigenvalue weighted by molar-refractivity contribution is 5.78. The van der Waals surface area contributed by atoms with Gasteiger partial charge in [0.05, 0.1) is 4.92 Å². The fraction of sp³-hybridized carbons (Fsp3) is 0.500. The van der Waals surface area contributed by atoms with Gasteiger partial charge in [0, 0.05) is 37.8 Å². The summed E-state index contributed by atoms with van der Waals surface area (Å²) < 4.78 is 0. The normalized spacial score (nSPS) is 16.5. The fourth-order valence-electron chi connectivity index (χ4n) is 2.16. The highest BCUT2D eigenvalue weighted by Gasteiger charge is 2.23. The van der Waals surface area contributed by atoms with E-state index in [1.54, 1.807) is 4.90 Å². The van der Waals surface area contributed by atoms with E-state index in [-0.39, 0.29) is 23.5 Å². The molecular formula is C12H16N4O3. The summed E-state index contributed by atoms with van der Waals surface area (Å²) in [6, 6.07) is 2.84. The summed E-state index contributed by atoms with van der Waals surface area (Å²) in [4.78, 5) is 27.7. The molecule has 7 nitrogen and oxygen atoms in total. The van der Waals surface area contributed by atoms with Crippen LogP contribution in [-0.2, 0) is 4.79 Å². The molecule has 0 spiro atoms. The van der Waals surface area contributed by atoms with Crippen LogP contribution in [0.15, 0.2) is 18.3 Å². The Morgan fingerprint density at radius 2 is 2.42 bits per heavy atom. The monoisotopic (exact) mass is 264 g/mol. The number of likely N-dealkylation sites (tertiary alicyclic amines) is 1. The summed E-state index contributed by atoms with van der Waals surface area (Å²) in [5.41, 5.74) is -0.0536. The second-order valence-corrected chi connectivity index (χ2v) is 4.62. The van der Waals surface area contributed by atoms with Crippen LogP contribution in [0.25, 0.3) is 0 Å². The molecular weight excluding hydrogens is 248 g/mol. The predicted octanol–water partition coefficient (Wildman–Crippen LogP) is 1.41. The predicted molar refractivity (Wildman–Crippen MR) is 69.8 cm³/mol. The molecule has 19 heavy (non-hydrogen) atoms. The molecule has 0 unspecified atom stereocenters. The minimum absolute atomic E-state index is 0.0536. The third-order valence-electron chi connectivity index (χ3n) is 3.03. The maximum atomic E-state index is 11.5. The number of nitro groups is 1. The maximum Gasteiger partial charge on any atom is 0.311 e. The molecule has 0 aliphatic carbocycles. The first-order chi connectivity index (χ1) is 9.08. The zero-order valence-corrected chi connectivity index (χ0v) is 10.7. The molecule has 2 rings (SSSR count). The van der Waals surface area contributed by atoms with Gasteiger partial charge in [0.25, 0.3) is 0 Å². The molecule has 0 saturated carbocycles. The van der Waals surface area contributed by atoms with Crippen molar-refractivity contribution in [1.82, 2.24) is 9.88 Å². The number of pyridine rings is 1. The number of nitrogens with one attached hydrogen (secondary N) is 1. The lowest BCUT2D eigenvalue weighted by Crippen LogP contribution is -2.35. The van der Waals surface area contributed by atoms with E-state index >= 15 is 0 Å². The largest absolute Gasteiger partial charge is 0.360 e. The van der Waals surface area contributed by atoms with Crippen LogP contribution in [0.1, 0.15) is 19.8 Å². The summed E-state index contributed by atoms with van der Waals surface area (Å²) in [7, 11) is 0. The number of amides is 1. The van der Waals surface area contributed by atoms with Crippen molar-refractivity contribution in [3.63, 3.8) is 0 Å². The van der Waals surface area contributed by atoms with Crippen molar-refractivity contribution in [3.8, 4) is 0 Å². The van der Waals surface area contributed by atoms with Gasteiger partial charge in [0.1, 0.15) is 0 Å². The number of carbonyl (C=O) groups excluding carboxylic acids is 1. The molecule has 2 heterocycles. The summed E-state index contributed by atoms with van der Waals surface area (Å²) in [6.07, 6.45) is 2.98. The van der Waals surface area contributed by atoms with Crippen molar-refractivity contribution in [2.75, 3.05) is 18.4 Å². The Balaban J connectivity index is 2.00. The molecule has 1 aliphatic rings. The van der Waals surface area contributed by atoms with E-state index in [9.17, 15) is 14.9 Å².